The first-order chi connectivity index (χ1) is 23.9. The number of halogens is 1. The average molecular weight is 680 g/mol. The number of anilines is 1. The van der Waals surface area contributed by atoms with Gasteiger partial charge >= 0.3 is 12.1 Å². The van der Waals surface area contributed by atoms with Crippen LogP contribution in [-0.2, 0) is 30.5 Å². The van der Waals surface area contributed by atoms with Gasteiger partial charge in [0.25, 0.3) is 11.8 Å². The van der Waals surface area contributed by atoms with Crippen molar-refractivity contribution < 1.29 is 33.0 Å². The molecular formula is C36H34FN7O6. The minimum atomic E-state index is -1.41. The number of carbonyl (C=O) groups excluding carboxylic acids is 4. The second-order valence-corrected chi connectivity index (χ2v) is 11.9. The molecule has 0 aliphatic carbocycles. The number of amides is 3. The molecule has 0 spiro atoms. The van der Waals surface area contributed by atoms with E-state index in [0.717, 1.165) is 6.07 Å². The van der Waals surface area contributed by atoms with Gasteiger partial charge in [0.05, 0.1) is 17.1 Å². The summed E-state index contributed by atoms with van der Waals surface area (Å²) in [7, 11) is 0. The fraction of sp³-hybridized carbons (Fsp3) is 0.194. The van der Waals surface area contributed by atoms with Crippen molar-refractivity contribution in [2.75, 3.05) is 11.9 Å². The van der Waals surface area contributed by atoms with Gasteiger partial charge in [0, 0.05) is 29.1 Å². The number of ether oxygens (including phenoxy) is 2. The predicted octanol–water partition coefficient (Wildman–Crippen LogP) is 3.94. The molecule has 1 atom stereocenters. The van der Waals surface area contributed by atoms with E-state index in [1.807, 2.05) is 36.4 Å². The van der Waals surface area contributed by atoms with Gasteiger partial charge in [0.1, 0.15) is 30.1 Å². The number of benzene rings is 3. The van der Waals surface area contributed by atoms with Crippen molar-refractivity contribution in [1.82, 2.24) is 20.6 Å². The molecule has 0 unspecified atom stereocenters. The molecule has 14 heteroatoms. The lowest BCUT2D eigenvalue weighted by atomic mass is 10.0. The first-order valence-corrected chi connectivity index (χ1v) is 15.4. The summed E-state index contributed by atoms with van der Waals surface area (Å²) in [6, 6.07) is 21.7. The molecule has 0 saturated carbocycles. The van der Waals surface area contributed by atoms with Crippen molar-refractivity contribution in [3.63, 3.8) is 0 Å². The highest BCUT2D eigenvalue weighted by molar-refractivity contribution is 6.27. The first-order valence-electron chi connectivity index (χ1n) is 15.4. The standard InChI is InChI=1S/C36H34FN7O6/c1-36(2,3)50-35(48)41-19-27(45)49-20-21-14-15-23(25(37)18-21)29(38)28(31-39-16-9-17-40-31)33(46)44-32-34(47)42-26-13-8-7-12-24(26)30(43-32)22-10-5-4-6-11-22/h4-18,32H,19-20,38H2,1-3H3,(H,41,48)(H,42,47)(H,44,46)/b29-28+/t32-/m1/s1. The number of hydrogen-bond donors (Lipinski definition) is 4. The van der Waals surface area contributed by atoms with Crippen molar-refractivity contribution in [3.8, 4) is 0 Å². The number of nitrogens with one attached hydrogen (secondary N) is 3. The van der Waals surface area contributed by atoms with Crippen molar-refractivity contribution in [2.45, 2.75) is 39.1 Å². The number of nitrogens with zero attached hydrogens (tertiary/aromatic N) is 3. The molecule has 5 rings (SSSR count). The van der Waals surface area contributed by atoms with Crippen molar-refractivity contribution in [3.05, 3.63) is 125 Å². The van der Waals surface area contributed by atoms with Crippen LogP contribution in [0.2, 0.25) is 0 Å². The Kier molecular flexibility index (Phi) is 10.6. The number of hydrogen-bond acceptors (Lipinski definition) is 10. The zero-order chi connectivity index (χ0) is 35.8. The fourth-order valence-electron chi connectivity index (χ4n) is 4.82. The number of fused-ring (bicyclic) bond motifs is 1. The number of aromatic nitrogens is 2. The van der Waals surface area contributed by atoms with E-state index in [1.165, 1.54) is 30.6 Å². The van der Waals surface area contributed by atoms with Gasteiger partial charge in [-0.3, -0.25) is 14.4 Å². The minimum absolute atomic E-state index is 0.123. The van der Waals surface area contributed by atoms with Crippen molar-refractivity contribution in [2.24, 2.45) is 10.7 Å². The van der Waals surface area contributed by atoms with E-state index in [2.05, 4.69) is 30.9 Å². The van der Waals surface area contributed by atoms with Gasteiger partial charge in [-0.15, -0.1) is 0 Å². The molecule has 3 amide bonds. The molecule has 256 valence electrons. The summed E-state index contributed by atoms with van der Waals surface area (Å²) in [4.78, 5) is 64.2. The summed E-state index contributed by atoms with van der Waals surface area (Å²) in [5, 5.41) is 7.70. The normalized spacial score (nSPS) is 14.5. The largest absolute Gasteiger partial charge is 0.459 e. The second-order valence-electron chi connectivity index (χ2n) is 11.9. The Hall–Kier alpha value is -6.44. The fourth-order valence-corrected chi connectivity index (χ4v) is 4.82. The monoisotopic (exact) mass is 679 g/mol. The molecule has 13 nitrogen and oxygen atoms in total. The Balaban J connectivity index is 1.39. The van der Waals surface area contributed by atoms with Crippen LogP contribution in [0.25, 0.3) is 11.3 Å². The Labute approximate surface area is 286 Å². The maximum absolute atomic E-state index is 15.6. The molecule has 1 aromatic heterocycles. The molecule has 0 fully saturated rings. The van der Waals surface area contributed by atoms with E-state index in [4.69, 9.17) is 15.2 Å². The lowest BCUT2D eigenvalue weighted by molar-refractivity contribution is -0.143. The molecule has 4 aromatic rings. The molecule has 3 aromatic carbocycles. The van der Waals surface area contributed by atoms with Gasteiger partial charge in [-0.25, -0.2) is 24.1 Å². The highest BCUT2D eigenvalue weighted by atomic mass is 19.1. The highest BCUT2D eigenvalue weighted by Gasteiger charge is 2.30. The third kappa shape index (κ3) is 8.72. The predicted molar refractivity (Wildman–Crippen MR) is 183 cm³/mol. The zero-order valence-electron chi connectivity index (χ0n) is 27.4. The Bertz CT molecular complexity index is 1980. The third-order valence-electron chi connectivity index (χ3n) is 7.05. The van der Waals surface area contributed by atoms with Crippen LogP contribution in [0.5, 0.6) is 0 Å². The van der Waals surface area contributed by atoms with Crippen LogP contribution in [0, 0.1) is 5.82 Å². The molecule has 50 heavy (non-hydrogen) atoms. The lowest BCUT2D eigenvalue weighted by Gasteiger charge is -2.19. The maximum atomic E-state index is 15.6. The third-order valence-corrected chi connectivity index (χ3v) is 7.05. The molecule has 1 aliphatic heterocycles. The van der Waals surface area contributed by atoms with Crippen LogP contribution in [-0.4, -0.2) is 57.9 Å². The molecule has 0 saturated heterocycles. The lowest BCUT2D eigenvalue weighted by Crippen LogP contribution is -2.43. The molecule has 2 heterocycles. The van der Waals surface area contributed by atoms with Crippen molar-refractivity contribution in [1.29, 1.82) is 0 Å². The summed E-state index contributed by atoms with van der Waals surface area (Å²) in [6.07, 6.45) is 0.565. The second kappa shape index (κ2) is 15.2. The molecule has 0 radical (unpaired) electrons. The smallest absolute Gasteiger partial charge is 0.408 e. The first kappa shape index (κ1) is 34.9. The molecule has 0 bridgehead atoms. The van der Waals surface area contributed by atoms with E-state index in [0.29, 0.717) is 22.5 Å². The van der Waals surface area contributed by atoms with Gasteiger partial charge in [-0.1, -0.05) is 54.6 Å². The SMILES string of the molecule is CC(C)(C)OC(=O)NCC(=O)OCc1ccc(/C(N)=C(\C(=O)N[C@H]2N=C(c3ccccc3)c3ccccc3NC2=O)c2ncccn2)c(F)c1. The minimum Gasteiger partial charge on any atom is -0.459 e. The van der Waals surface area contributed by atoms with Gasteiger partial charge in [-0.05, 0) is 50.6 Å². The van der Waals surface area contributed by atoms with Crippen LogP contribution in [0.1, 0.15) is 48.8 Å². The summed E-state index contributed by atoms with van der Waals surface area (Å²) in [5.41, 5.74) is 7.50. The Morgan fingerprint density at radius 1 is 0.960 bits per heavy atom. The number of benzodiazepines with no additional fused rings is 1. The van der Waals surface area contributed by atoms with Crippen LogP contribution in [0.15, 0.2) is 96.2 Å². The van der Waals surface area contributed by atoms with Crippen molar-refractivity contribution >= 4 is 46.5 Å². The van der Waals surface area contributed by atoms with Gasteiger partial charge < -0.3 is 31.2 Å². The van der Waals surface area contributed by atoms with E-state index in [-0.39, 0.29) is 34.8 Å². The van der Waals surface area contributed by atoms with E-state index in [1.54, 1.807) is 39.0 Å². The summed E-state index contributed by atoms with van der Waals surface area (Å²) >= 11 is 0. The average Bonchev–Trinajstić information content (AvgIpc) is 3.22. The summed E-state index contributed by atoms with van der Waals surface area (Å²) in [6.45, 7) is 4.27. The molecule has 5 N–H and O–H groups in total. The van der Waals surface area contributed by atoms with E-state index >= 15 is 4.39 Å². The zero-order valence-corrected chi connectivity index (χ0v) is 27.4. The number of rotatable bonds is 9. The summed E-state index contributed by atoms with van der Waals surface area (Å²) in [5.74, 6) is -3.23. The number of alkyl carbamates (subject to hydrolysis) is 1. The maximum Gasteiger partial charge on any atom is 0.408 e. The van der Waals surface area contributed by atoms with Crippen LogP contribution < -0.4 is 21.7 Å². The van der Waals surface area contributed by atoms with Gasteiger partial charge in [0.15, 0.2) is 5.82 Å². The molecule has 1 aliphatic rings. The number of aliphatic imine (C=N–C) groups is 1. The van der Waals surface area contributed by atoms with Gasteiger partial charge in [-0.2, -0.15) is 0 Å². The Morgan fingerprint density at radius 2 is 1.66 bits per heavy atom. The number of esters is 1. The molecular weight excluding hydrogens is 645 g/mol. The Morgan fingerprint density at radius 3 is 2.36 bits per heavy atom. The quantitative estimate of drug-likeness (QED) is 0.150. The van der Waals surface area contributed by atoms with E-state index < -0.39 is 48.0 Å². The summed E-state index contributed by atoms with van der Waals surface area (Å²) < 4.78 is 25.8. The van der Waals surface area contributed by atoms with Crippen LogP contribution in [0.3, 0.4) is 0 Å². The number of para-hydroxylation sites is 1. The van der Waals surface area contributed by atoms with Gasteiger partial charge in [0.2, 0.25) is 6.17 Å². The van der Waals surface area contributed by atoms with Crippen LogP contribution in [0.4, 0.5) is 14.9 Å². The number of carbonyl (C=O) groups is 4. The van der Waals surface area contributed by atoms with Crippen LogP contribution >= 0.6 is 0 Å². The van der Waals surface area contributed by atoms with E-state index in [9.17, 15) is 19.2 Å². The number of nitrogens with two attached hydrogens (primary N) is 1. The highest BCUT2D eigenvalue weighted by Crippen LogP contribution is 2.26. The topological polar surface area (TPSA) is 187 Å².